The van der Waals surface area contributed by atoms with E-state index in [0.717, 1.165) is 0 Å². The summed E-state index contributed by atoms with van der Waals surface area (Å²) >= 11 is 0. The Balaban J connectivity index is 1.73. The van der Waals surface area contributed by atoms with Crippen LogP contribution in [0.4, 0.5) is 10.7 Å². The second-order valence-corrected chi connectivity index (χ2v) is 11.6. The van der Waals surface area contributed by atoms with Crippen LogP contribution in [-0.2, 0) is 14.8 Å². The lowest BCUT2D eigenvalue weighted by atomic mass is 10.1. The fourth-order valence-electron chi connectivity index (χ4n) is 4.07. The molecule has 0 aliphatic carbocycles. The lowest BCUT2D eigenvalue weighted by Crippen LogP contribution is -2.48. The minimum absolute atomic E-state index is 0.0228. The molecule has 1 saturated heterocycles. The number of likely N-dealkylation sites (tertiary alicyclic amines) is 1. The molecule has 1 amide bonds. The van der Waals surface area contributed by atoms with E-state index < -0.39 is 27.0 Å². The molecular formula is C24H31N7O6S. The minimum atomic E-state index is -4.03. The molecule has 4 rings (SSSR count). The van der Waals surface area contributed by atoms with Crippen molar-refractivity contribution in [2.45, 2.75) is 44.5 Å². The van der Waals surface area contributed by atoms with Gasteiger partial charge >= 0.3 is 6.09 Å². The van der Waals surface area contributed by atoms with Crippen molar-refractivity contribution in [3.8, 4) is 28.8 Å². The van der Waals surface area contributed by atoms with Gasteiger partial charge in [-0.15, -0.1) is 10.2 Å². The van der Waals surface area contributed by atoms with Crippen molar-refractivity contribution >= 4 is 22.1 Å². The summed E-state index contributed by atoms with van der Waals surface area (Å²) in [6, 6.07) is 9.10. The van der Waals surface area contributed by atoms with Crippen molar-refractivity contribution in [3.05, 3.63) is 36.7 Å². The van der Waals surface area contributed by atoms with Gasteiger partial charge in [-0.3, -0.25) is 9.29 Å². The van der Waals surface area contributed by atoms with Crippen molar-refractivity contribution in [3.63, 3.8) is 0 Å². The van der Waals surface area contributed by atoms with Crippen LogP contribution in [0.5, 0.6) is 11.8 Å². The van der Waals surface area contributed by atoms with Gasteiger partial charge in [-0.25, -0.2) is 13.2 Å². The van der Waals surface area contributed by atoms with Gasteiger partial charge in [0.25, 0.3) is 0 Å². The molecule has 1 unspecified atom stereocenters. The number of hydrogen-bond donors (Lipinski definition) is 1. The van der Waals surface area contributed by atoms with Crippen LogP contribution in [0.25, 0.3) is 17.1 Å². The summed E-state index contributed by atoms with van der Waals surface area (Å²) in [7, 11) is -1.18. The number of piperidine rings is 1. The van der Waals surface area contributed by atoms with Crippen molar-refractivity contribution in [2.24, 2.45) is 0 Å². The molecule has 0 saturated carbocycles. The first kappa shape index (κ1) is 27.1. The molecule has 1 aromatic carbocycles. The predicted molar refractivity (Wildman–Crippen MR) is 139 cm³/mol. The van der Waals surface area contributed by atoms with E-state index in [4.69, 9.17) is 14.2 Å². The molecule has 1 aliphatic rings. The van der Waals surface area contributed by atoms with Crippen LogP contribution < -0.4 is 14.2 Å². The fraction of sp³-hybridized carbons (Fsp3) is 0.458. The highest BCUT2D eigenvalue weighted by Gasteiger charge is 2.36. The van der Waals surface area contributed by atoms with E-state index >= 15 is 0 Å². The zero-order valence-corrected chi connectivity index (χ0v) is 22.7. The third-order valence-corrected chi connectivity index (χ3v) is 7.49. The molecule has 0 radical (unpaired) electrons. The summed E-state index contributed by atoms with van der Waals surface area (Å²) in [6.45, 7) is 5.67. The molecule has 3 heterocycles. The number of rotatable bonds is 7. The summed E-state index contributed by atoms with van der Waals surface area (Å²) in [5.74, 6) is 0.462. The summed E-state index contributed by atoms with van der Waals surface area (Å²) in [5.41, 5.74) is 0.187. The molecule has 204 valence electrons. The summed E-state index contributed by atoms with van der Waals surface area (Å²) in [6.07, 6.45) is 1.57. The number of anilines is 1. The molecule has 0 bridgehead atoms. The van der Waals surface area contributed by atoms with Crippen LogP contribution in [0.3, 0.4) is 0 Å². The maximum absolute atomic E-state index is 13.6. The van der Waals surface area contributed by atoms with Gasteiger partial charge in [0.05, 0.1) is 19.5 Å². The van der Waals surface area contributed by atoms with E-state index in [0.29, 0.717) is 30.8 Å². The number of ether oxygens (including phenoxy) is 3. The molecule has 1 atom stereocenters. The molecule has 38 heavy (non-hydrogen) atoms. The Labute approximate surface area is 221 Å². The summed E-state index contributed by atoms with van der Waals surface area (Å²) in [5, 5.41) is 7.52. The fourth-order valence-corrected chi connectivity index (χ4v) is 5.47. The number of aromatic nitrogens is 5. The maximum Gasteiger partial charge on any atom is 0.410 e. The lowest BCUT2D eigenvalue weighted by Gasteiger charge is -2.33. The molecule has 0 spiro atoms. The molecular weight excluding hydrogens is 514 g/mol. The Kier molecular flexibility index (Phi) is 7.71. The number of sulfonamides is 1. The summed E-state index contributed by atoms with van der Waals surface area (Å²) in [4.78, 5) is 22.3. The van der Waals surface area contributed by atoms with Crippen LogP contribution in [0, 0.1) is 0 Å². The highest BCUT2D eigenvalue weighted by atomic mass is 32.2. The average molecular weight is 546 g/mol. The molecule has 3 aromatic rings. The zero-order valence-electron chi connectivity index (χ0n) is 21.9. The maximum atomic E-state index is 13.6. The first-order valence-corrected chi connectivity index (χ1v) is 13.5. The van der Waals surface area contributed by atoms with Crippen molar-refractivity contribution in [2.75, 3.05) is 32.0 Å². The van der Waals surface area contributed by atoms with Crippen LogP contribution >= 0.6 is 0 Å². The quantitative estimate of drug-likeness (QED) is 0.469. The smallest absolute Gasteiger partial charge is 0.410 e. The molecule has 13 nitrogen and oxygen atoms in total. The predicted octanol–water partition coefficient (Wildman–Crippen LogP) is 2.88. The number of carbonyl (C=O) groups is 1. The second-order valence-electron chi connectivity index (χ2n) is 9.63. The van der Waals surface area contributed by atoms with Gasteiger partial charge in [0.15, 0.2) is 11.5 Å². The third-order valence-electron chi connectivity index (χ3n) is 5.76. The second kappa shape index (κ2) is 10.8. The number of hydrogen-bond acceptors (Lipinski definition) is 10. The van der Waals surface area contributed by atoms with Crippen molar-refractivity contribution in [1.82, 2.24) is 29.6 Å². The average Bonchev–Trinajstić information content (AvgIpc) is 3.29. The van der Waals surface area contributed by atoms with Gasteiger partial charge < -0.3 is 19.1 Å². The molecule has 1 aliphatic heterocycles. The SMILES string of the molecule is COc1ncnc(OC)c1-n1c(NS(=O)(=O)C2CCCN(C(=O)OC(C)(C)C)C2)nnc1-c1ccccc1. The van der Waals surface area contributed by atoms with Crippen molar-refractivity contribution in [1.29, 1.82) is 0 Å². The first-order valence-electron chi connectivity index (χ1n) is 12.0. The van der Waals surface area contributed by atoms with Crippen LogP contribution in [-0.4, -0.2) is 82.3 Å². The molecule has 1 fully saturated rings. The van der Waals surface area contributed by atoms with Crippen molar-refractivity contribution < 1.29 is 27.4 Å². The Morgan fingerprint density at radius 2 is 1.71 bits per heavy atom. The minimum Gasteiger partial charge on any atom is -0.479 e. The Hall–Kier alpha value is -3.94. The number of methoxy groups -OCH3 is 2. The van der Waals surface area contributed by atoms with E-state index in [9.17, 15) is 13.2 Å². The van der Waals surface area contributed by atoms with Crippen LogP contribution in [0.15, 0.2) is 36.7 Å². The zero-order chi connectivity index (χ0) is 27.5. The number of carbonyl (C=O) groups excluding carboxylic acids is 1. The van der Waals surface area contributed by atoms with E-state index in [1.807, 2.05) is 18.2 Å². The van der Waals surface area contributed by atoms with Gasteiger partial charge in [0, 0.05) is 18.7 Å². The topological polar surface area (TPSA) is 151 Å². The van der Waals surface area contributed by atoms with E-state index in [-0.39, 0.29) is 29.9 Å². The van der Waals surface area contributed by atoms with Gasteiger partial charge in [-0.2, -0.15) is 9.97 Å². The highest BCUT2D eigenvalue weighted by molar-refractivity contribution is 7.93. The van der Waals surface area contributed by atoms with Crippen LogP contribution in [0.1, 0.15) is 33.6 Å². The van der Waals surface area contributed by atoms with Crippen LogP contribution in [0.2, 0.25) is 0 Å². The first-order chi connectivity index (χ1) is 18.0. The normalized spacial score (nSPS) is 16.1. The Morgan fingerprint density at radius 1 is 1.05 bits per heavy atom. The largest absolute Gasteiger partial charge is 0.479 e. The van der Waals surface area contributed by atoms with Gasteiger partial charge in [0.1, 0.15) is 11.9 Å². The van der Waals surface area contributed by atoms with E-state index in [1.54, 1.807) is 32.9 Å². The Morgan fingerprint density at radius 3 is 2.32 bits per heavy atom. The monoisotopic (exact) mass is 545 g/mol. The van der Waals surface area contributed by atoms with Gasteiger partial charge in [-0.1, -0.05) is 30.3 Å². The standard InChI is InChI=1S/C24H31N7O6S/c1-24(2,3)37-23(32)30-13-9-12-17(14-30)38(33,34)29-22-28-27-19(16-10-7-6-8-11-16)31(22)18-20(35-4)25-15-26-21(18)36-5/h6-8,10-11,15,17H,9,12-14H2,1-5H3,(H,28,29). The summed E-state index contributed by atoms with van der Waals surface area (Å²) < 4.78 is 47.5. The van der Waals surface area contributed by atoms with Gasteiger partial charge in [-0.05, 0) is 33.6 Å². The number of benzene rings is 1. The Bertz CT molecular complexity index is 1370. The van der Waals surface area contributed by atoms with Gasteiger partial charge in [0.2, 0.25) is 27.7 Å². The highest BCUT2D eigenvalue weighted by Crippen LogP contribution is 2.35. The molecule has 1 N–H and O–H groups in total. The number of nitrogens with one attached hydrogen (secondary N) is 1. The third kappa shape index (κ3) is 5.79. The van der Waals surface area contributed by atoms with E-state index in [2.05, 4.69) is 24.9 Å². The number of nitrogens with zero attached hydrogens (tertiary/aromatic N) is 6. The van der Waals surface area contributed by atoms with E-state index in [1.165, 1.54) is 30.0 Å². The molecule has 14 heteroatoms. The lowest BCUT2D eigenvalue weighted by molar-refractivity contribution is 0.0219. The number of amides is 1. The molecule has 2 aromatic heterocycles.